The minimum atomic E-state index is 0.597. The first-order valence-electron chi connectivity index (χ1n) is 7.50. The number of fused-ring (bicyclic) bond motifs is 4. The molecule has 0 spiro atoms. The average molecular weight is 256 g/mol. The van der Waals surface area contributed by atoms with Crippen LogP contribution in [-0.4, -0.2) is 0 Å². The lowest BCUT2D eigenvalue weighted by Crippen LogP contribution is -2.25. The largest absolute Gasteiger partial charge is 0.0804 e. The molecule has 0 heteroatoms. The van der Waals surface area contributed by atoms with E-state index in [-0.39, 0.29) is 0 Å². The summed E-state index contributed by atoms with van der Waals surface area (Å²) in [6.07, 6.45) is 17.4. The molecule has 0 bridgehead atoms. The van der Waals surface area contributed by atoms with Crippen LogP contribution < -0.4 is 0 Å². The maximum Gasteiger partial charge on any atom is 0.0168 e. The first kappa shape index (κ1) is 10.7. The van der Waals surface area contributed by atoms with Crippen molar-refractivity contribution >= 4 is 11.1 Å². The van der Waals surface area contributed by atoms with E-state index in [1.807, 2.05) is 0 Å². The Labute approximate surface area is 119 Å². The maximum atomic E-state index is 2.42. The van der Waals surface area contributed by atoms with Gasteiger partial charge in [-0.25, -0.2) is 0 Å². The van der Waals surface area contributed by atoms with Gasteiger partial charge in [-0.1, -0.05) is 66.8 Å². The third-order valence-electron chi connectivity index (χ3n) is 5.20. The molecule has 0 fully saturated rings. The fourth-order valence-corrected chi connectivity index (χ4v) is 4.43. The van der Waals surface area contributed by atoms with Crippen molar-refractivity contribution in [3.63, 3.8) is 0 Å². The zero-order valence-electron chi connectivity index (χ0n) is 11.3. The van der Waals surface area contributed by atoms with E-state index in [1.165, 1.54) is 23.1 Å². The van der Waals surface area contributed by atoms with E-state index < -0.39 is 0 Å². The van der Waals surface area contributed by atoms with Gasteiger partial charge in [-0.15, -0.1) is 0 Å². The summed E-state index contributed by atoms with van der Waals surface area (Å²) < 4.78 is 0. The smallest absolute Gasteiger partial charge is 0.0168 e. The molecule has 0 amide bonds. The van der Waals surface area contributed by atoms with E-state index in [0.717, 1.165) is 0 Å². The molecule has 1 aromatic carbocycles. The van der Waals surface area contributed by atoms with Gasteiger partial charge < -0.3 is 0 Å². The molecule has 0 radical (unpaired) electrons. The molecule has 0 saturated carbocycles. The standard InChI is InChI=1S/C20H16/c1-2-8-15-13(6-1)12-14-7-5-11-17-16-9-3-4-10-18(16)20(15)19(14)17/h1-11,13-14,19H,12H2/t13?,14?,19-/m1/s1. The van der Waals surface area contributed by atoms with Gasteiger partial charge in [-0.2, -0.15) is 0 Å². The van der Waals surface area contributed by atoms with Gasteiger partial charge in [0.1, 0.15) is 0 Å². The van der Waals surface area contributed by atoms with Crippen LogP contribution in [0, 0.1) is 17.8 Å². The molecule has 0 aromatic heterocycles. The van der Waals surface area contributed by atoms with Gasteiger partial charge in [0, 0.05) is 11.8 Å². The molecule has 0 heterocycles. The van der Waals surface area contributed by atoms with Crippen LogP contribution in [0.2, 0.25) is 0 Å². The second kappa shape index (κ2) is 3.73. The van der Waals surface area contributed by atoms with Crippen molar-refractivity contribution in [2.24, 2.45) is 17.8 Å². The Hall–Kier alpha value is -2.08. The highest BCUT2D eigenvalue weighted by Crippen LogP contribution is 2.57. The van der Waals surface area contributed by atoms with E-state index in [1.54, 1.807) is 11.1 Å². The molecule has 4 aliphatic rings. The predicted octanol–water partition coefficient (Wildman–Crippen LogP) is 4.79. The number of hydrogen-bond donors (Lipinski definition) is 0. The van der Waals surface area contributed by atoms with Gasteiger partial charge in [0.05, 0.1) is 0 Å². The van der Waals surface area contributed by atoms with Crippen LogP contribution in [0.5, 0.6) is 0 Å². The molecule has 20 heavy (non-hydrogen) atoms. The van der Waals surface area contributed by atoms with Crippen LogP contribution >= 0.6 is 0 Å². The summed E-state index contributed by atoms with van der Waals surface area (Å²) in [4.78, 5) is 0. The van der Waals surface area contributed by atoms with E-state index >= 15 is 0 Å². The van der Waals surface area contributed by atoms with Crippen LogP contribution in [0.25, 0.3) is 11.1 Å². The Balaban J connectivity index is 1.87. The predicted molar refractivity (Wildman–Crippen MR) is 83.8 cm³/mol. The van der Waals surface area contributed by atoms with E-state index in [0.29, 0.717) is 17.8 Å². The van der Waals surface area contributed by atoms with E-state index in [2.05, 4.69) is 66.8 Å². The number of benzene rings is 1. The minimum Gasteiger partial charge on any atom is -0.0804 e. The molecule has 0 aliphatic heterocycles. The van der Waals surface area contributed by atoms with Crippen LogP contribution in [0.15, 0.2) is 72.4 Å². The Morgan fingerprint density at radius 1 is 0.900 bits per heavy atom. The first-order chi connectivity index (χ1) is 9.93. The van der Waals surface area contributed by atoms with Gasteiger partial charge in [0.15, 0.2) is 0 Å². The molecule has 0 nitrogen and oxygen atoms in total. The van der Waals surface area contributed by atoms with Gasteiger partial charge in [-0.05, 0) is 40.2 Å². The van der Waals surface area contributed by atoms with Crippen LogP contribution in [0.1, 0.15) is 17.5 Å². The molecule has 2 unspecified atom stereocenters. The maximum absolute atomic E-state index is 2.42. The summed E-state index contributed by atoms with van der Waals surface area (Å²) in [7, 11) is 0. The van der Waals surface area contributed by atoms with Crippen molar-refractivity contribution in [1.82, 2.24) is 0 Å². The summed E-state index contributed by atoms with van der Waals surface area (Å²) in [5.41, 5.74) is 7.62. The molecule has 1 aromatic rings. The van der Waals surface area contributed by atoms with Crippen molar-refractivity contribution in [3.05, 3.63) is 83.5 Å². The fourth-order valence-electron chi connectivity index (χ4n) is 4.43. The van der Waals surface area contributed by atoms with Gasteiger partial charge >= 0.3 is 0 Å². The SMILES string of the molecule is C1=CC2=C3c4ccccc4C4=CC=CC(CC2C=C1)[C@H]43. The molecule has 96 valence electrons. The van der Waals surface area contributed by atoms with Crippen molar-refractivity contribution in [3.8, 4) is 0 Å². The Kier molecular flexibility index (Phi) is 1.99. The first-order valence-corrected chi connectivity index (χ1v) is 7.50. The van der Waals surface area contributed by atoms with Gasteiger partial charge in [-0.3, -0.25) is 0 Å². The zero-order valence-corrected chi connectivity index (χ0v) is 11.3. The molecule has 0 N–H and O–H groups in total. The molecule has 3 atom stereocenters. The minimum absolute atomic E-state index is 0.597. The second-order valence-corrected chi connectivity index (χ2v) is 6.15. The molecule has 4 aliphatic carbocycles. The van der Waals surface area contributed by atoms with Crippen LogP contribution in [-0.2, 0) is 0 Å². The lowest BCUT2D eigenvalue weighted by Gasteiger charge is -2.36. The molecular weight excluding hydrogens is 240 g/mol. The van der Waals surface area contributed by atoms with Crippen molar-refractivity contribution in [2.75, 3.05) is 0 Å². The Morgan fingerprint density at radius 2 is 1.80 bits per heavy atom. The third-order valence-corrected chi connectivity index (χ3v) is 5.20. The third kappa shape index (κ3) is 1.22. The van der Waals surface area contributed by atoms with Crippen LogP contribution in [0.4, 0.5) is 0 Å². The molecule has 5 rings (SSSR count). The lowest BCUT2D eigenvalue weighted by molar-refractivity contribution is 0.460. The van der Waals surface area contributed by atoms with Crippen LogP contribution in [0.3, 0.4) is 0 Å². The summed E-state index contributed by atoms with van der Waals surface area (Å²) >= 11 is 0. The summed E-state index contributed by atoms with van der Waals surface area (Å²) in [6, 6.07) is 8.95. The number of rotatable bonds is 0. The highest BCUT2D eigenvalue weighted by atomic mass is 14.5. The van der Waals surface area contributed by atoms with Crippen molar-refractivity contribution in [1.29, 1.82) is 0 Å². The normalized spacial score (nSPS) is 31.8. The average Bonchev–Trinajstić information content (AvgIpc) is 2.85. The van der Waals surface area contributed by atoms with Crippen molar-refractivity contribution < 1.29 is 0 Å². The Bertz CT molecular complexity index is 752. The number of hydrogen-bond acceptors (Lipinski definition) is 0. The summed E-state index contributed by atoms with van der Waals surface area (Å²) in [6.45, 7) is 0. The lowest BCUT2D eigenvalue weighted by atomic mass is 9.67. The van der Waals surface area contributed by atoms with Gasteiger partial charge in [0.2, 0.25) is 0 Å². The highest BCUT2D eigenvalue weighted by Gasteiger charge is 2.43. The summed E-state index contributed by atoms with van der Waals surface area (Å²) in [5.74, 6) is 1.87. The quantitative estimate of drug-likeness (QED) is 0.626. The highest BCUT2D eigenvalue weighted by molar-refractivity contribution is 5.98. The second-order valence-electron chi connectivity index (χ2n) is 6.15. The Morgan fingerprint density at radius 3 is 2.75 bits per heavy atom. The van der Waals surface area contributed by atoms with E-state index in [4.69, 9.17) is 0 Å². The molecule has 0 saturated heterocycles. The van der Waals surface area contributed by atoms with E-state index in [9.17, 15) is 0 Å². The topological polar surface area (TPSA) is 0 Å². The van der Waals surface area contributed by atoms with Gasteiger partial charge in [0.25, 0.3) is 0 Å². The monoisotopic (exact) mass is 256 g/mol. The molecular formula is C20H16. The fraction of sp³-hybridized carbons (Fsp3) is 0.200. The summed E-state index contributed by atoms with van der Waals surface area (Å²) in [5, 5.41) is 0. The zero-order chi connectivity index (χ0) is 13.1. The number of allylic oxidation sites excluding steroid dienone is 10. The van der Waals surface area contributed by atoms with Crippen molar-refractivity contribution in [2.45, 2.75) is 6.42 Å².